The molecule has 224 valence electrons. The first-order chi connectivity index (χ1) is 19.3. The van der Waals surface area contributed by atoms with Gasteiger partial charge in [-0.15, -0.1) is 0 Å². The molecule has 41 heavy (non-hydrogen) atoms. The van der Waals surface area contributed by atoms with Crippen molar-refractivity contribution in [1.82, 2.24) is 15.1 Å². The molecule has 0 bridgehead atoms. The first-order valence-electron chi connectivity index (χ1n) is 15.1. The van der Waals surface area contributed by atoms with Crippen molar-refractivity contribution < 1.29 is 4.39 Å². The number of nitrogens with one attached hydrogen (secondary N) is 2. The molecule has 2 heterocycles. The average molecular weight is 561 g/mol. The van der Waals surface area contributed by atoms with Gasteiger partial charge in [0.2, 0.25) is 0 Å². The van der Waals surface area contributed by atoms with Crippen LogP contribution in [0.5, 0.6) is 0 Å². The predicted molar refractivity (Wildman–Crippen MR) is 175 cm³/mol. The molecule has 0 radical (unpaired) electrons. The number of benzene rings is 2. The third-order valence-corrected chi connectivity index (χ3v) is 8.28. The molecular weight excluding hydrogens is 507 g/mol. The third-order valence-electron chi connectivity index (χ3n) is 8.28. The second-order valence-electron chi connectivity index (χ2n) is 13.2. The van der Waals surface area contributed by atoms with E-state index in [0.717, 1.165) is 65.4 Å². The van der Waals surface area contributed by atoms with Crippen LogP contribution in [-0.4, -0.2) is 36.0 Å². The molecule has 0 saturated carbocycles. The largest absolute Gasteiger partial charge is 0.381 e. The Morgan fingerprint density at radius 2 is 1.66 bits per heavy atom. The Kier molecular flexibility index (Phi) is 10.5. The fourth-order valence-corrected chi connectivity index (χ4v) is 6.91. The van der Waals surface area contributed by atoms with Gasteiger partial charge in [-0.05, 0) is 48.6 Å². The molecule has 2 aromatic carbocycles. The predicted octanol–water partition coefficient (Wildman–Crippen LogP) is 8.71. The van der Waals surface area contributed by atoms with Crippen LogP contribution in [-0.2, 0) is 13.1 Å². The van der Waals surface area contributed by atoms with E-state index in [1.165, 1.54) is 6.42 Å². The summed E-state index contributed by atoms with van der Waals surface area (Å²) in [6.07, 6.45) is 3.06. The monoisotopic (exact) mass is 560 g/mol. The zero-order valence-corrected chi connectivity index (χ0v) is 26.9. The molecule has 2 saturated heterocycles. The maximum absolute atomic E-state index is 15.7. The summed E-state index contributed by atoms with van der Waals surface area (Å²) >= 11 is 0. The van der Waals surface area contributed by atoms with Crippen LogP contribution in [0.3, 0.4) is 0 Å². The minimum Gasteiger partial charge on any atom is -0.381 e. The SMILES string of the molecule is C=C1CCC(N(C)C(=C)c2cccc(NCc3cccc(CN4CC(C)(C)CC(C)(C)C4)c3F)c2C)C(=C)N1.CC. The lowest BCUT2D eigenvalue weighted by atomic mass is 9.71. The first kappa shape index (κ1) is 32.5. The highest BCUT2D eigenvalue weighted by atomic mass is 19.1. The van der Waals surface area contributed by atoms with Gasteiger partial charge in [0.25, 0.3) is 0 Å². The zero-order chi connectivity index (χ0) is 30.5. The minimum absolute atomic E-state index is 0.103. The molecule has 0 aliphatic carbocycles. The van der Waals surface area contributed by atoms with Gasteiger partial charge in [0, 0.05) is 72.7 Å². The lowest BCUT2D eigenvalue weighted by Crippen LogP contribution is -2.48. The number of likely N-dealkylation sites (N-methyl/N-ethyl adjacent to an activating group) is 1. The highest BCUT2D eigenvalue weighted by molar-refractivity contribution is 5.71. The van der Waals surface area contributed by atoms with Gasteiger partial charge in [0.15, 0.2) is 0 Å². The molecule has 2 aliphatic heterocycles. The van der Waals surface area contributed by atoms with Gasteiger partial charge in [-0.2, -0.15) is 0 Å². The lowest BCUT2D eigenvalue weighted by molar-refractivity contribution is 0.0224. The maximum atomic E-state index is 15.7. The van der Waals surface area contributed by atoms with Crippen LogP contribution in [0.15, 0.2) is 67.5 Å². The molecule has 1 atom stereocenters. The maximum Gasteiger partial charge on any atom is 0.132 e. The van der Waals surface area contributed by atoms with E-state index in [2.05, 4.69) is 94.0 Å². The van der Waals surface area contributed by atoms with Crippen LogP contribution in [0, 0.1) is 23.6 Å². The summed E-state index contributed by atoms with van der Waals surface area (Å²) in [4.78, 5) is 4.61. The number of nitrogens with zero attached hydrogens (tertiary/aromatic N) is 2. The minimum atomic E-state index is -0.103. The quantitative estimate of drug-likeness (QED) is 0.338. The average Bonchev–Trinajstić information content (AvgIpc) is 2.88. The summed E-state index contributed by atoms with van der Waals surface area (Å²) in [6, 6.07) is 12.1. The molecule has 2 aliphatic rings. The smallest absolute Gasteiger partial charge is 0.132 e. The summed E-state index contributed by atoms with van der Waals surface area (Å²) < 4.78 is 15.7. The molecule has 4 rings (SSSR count). The topological polar surface area (TPSA) is 30.5 Å². The number of hydrogen-bond donors (Lipinski definition) is 2. The van der Waals surface area contributed by atoms with Crippen molar-refractivity contribution in [1.29, 1.82) is 0 Å². The highest BCUT2D eigenvalue weighted by Gasteiger charge is 2.37. The van der Waals surface area contributed by atoms with Gasteiger partial charge in [0.05, 0.1) is 6.04 Å². The molecule has 2 aromatic rings. The van der Waals surface area contributed by atoms with Crippen LogP contribution < -0.4 is 10.6 Å². The van der Waals surface area contributed by atoms with Crippen molar-refractivity contribution in [3.8, 4) is 0 Å². The van der Waals surface area contributed by atoms with Crippen LogP contribution in [0.1, 0.15) is 83.1 Å². The fourth-order valence-electron chi connectivity index (χ4n) is 6.91. The Morgan fingerprint density at radius 1 is 1.05 bits per heavy atom. The van der Waals surface area contributed by atoms with Crippen LogP contribution in [0.2, 0.25) is 0 Å². The fraction of sp³-hybridized carbons (Fsp3) is 0.500. The number of halogens is 1. The normalized spacial score (nSPS) is 20.0. The molecule has 5 heteroatoms. The van der Waals surface area contributed by atoms with Gasteiger partial charge in [0.1, 0.15) is 5.82 Å². The van der Waals surface area contributed by atoms with E-state index in [0.29, 0.717) is 18.7 Å². The Labute approximate surface area is 249 Å². The summed E-state index contributed by atoms with van der Waals surface area (Å²) in [5.74, 6) is -0.103. The number of piperidine rings is 2. The standard InChI is InChI=1S/C34H47FN4.C2H6/c1-23-16-17-31(25(3)37-23)38(9)26(4)29-14-11-15-30(24(29)2)36-18-27-12-10-13-28(32(27)35)19-39-21-33(5,6)20-34(7,8)22-39;1-2/h10-15,31,36-37H,1,3-4,16-22H2,2,5-9H3;1-2H3. The Hall–Kier alpha value is -3.05. The summed E-state index contributed by atoms with van der Waals surface area (Å²) in [7, 11) is 2.07. The van der Waals surface area contributed by atoms with E-state index in [4.69, 9.17) is 0 Å². The van der Waals surface area contributed by atoms with E-state index in [1.54, 1.807) is 0 Å². The van der Waals surface area contributed by atoms with Crippen molar-refractivity contribution in [2.75, 3.05) is 25.5 Å². The number of allylic oxidation sites excluding steroid dienone is 1. The number of likely N-dealkylation sites (tertiary alicyclic amines) is 1. The van der Waals surface area contributed by atoms with E-state index >= 15 is 4.39 Å². The third kappa shape index (κ3) is 8.03. The number of hydrogen-bond acceptors (Lipinski definition) is 4. The van der Waals surface area contributed by atoms with Crippen molar-refractivity contribution in [3.05, 3.63) is 95.6 Å². The van der Waals surface area contributed by atoms with E-state index in [-0.39, 0.29) is 22.7 Å². The Morgan fingerprint density at radius 3 is 2.29 bits per heavy atom. The second kappa shape index (κ2) is 13.3. The molecule has 2 N–H and O–H groups in total. The molecular formula is C36H53FN4. The Bertz CT molecular complexity index is 1240. The summed E-state index contributed by atoms with van der Waals surface area (Å²) in [5, 5.41) is 6.80. The van der Waals surface area contributed by atoms with Crippen molar-refractivity contribution in [3.63, 3.8) is 0 Å². The molecule has 0 spiro atoms. The van der Waals surface area contributed by atoms with Gasteiger partial charge >= 0.3 is 0 Å². The van der Waals surface area contributed by atoms with Crippen LogP contribution >= 0.6 is 0 Å². The van der Waals surface area contributed by atoms with Crippen molar-refractivity contribution >= 4 is 11.4 Å². The van der Waals surface area contributed by atoms with E-state index in [9.17, 15) is 0 Å². The van der Waals surface area contributed by atoms with Crippen LogP contribution in [0.25, 0.3) is 5.70 Å². The molecule has 1 unspecified atom stereocenters. The van der Waals surface area contributed by atoms with Crippen LogP contribution in [0.4, 0.5) is 10.1 Å². The zero-order valence-electron chi connectivity index (χ0n) is 26.9. The summed E-state index contributed by atoms with van der Waals surface area (Å²) in [5.41, 5.74) is 7.98. The van der Waals surface area contributed by atoms with Gasteiger partial charge < -0.3 is 15.5 Å². The number of rotatable bonds is 8. The molecule has 2 fully saturated rings. The Balaban J connectivity index is 0.00000226. The van der Waals surface area contributed by atoms with Gasteiger partial charge in [-0.1, -0.05) is 91.6 Å². The lowest BCUT2D eigenvalue weighted by Gasteiger charge is -2.47. The molecule has 0 amide bonds. The summed E-state index contributed by atoms with van der Waals surface area (Å²) in [6.45, 7) is 31.1. The van der Waals surface area contributed by atoms with Crippen molar-refractivity contribution in [2.24, 2.45) is 10.8 Å². The van der Waals surface area contributed by atoms with E-state index in [1.807, 2.05) is 38.1 Å². The van der Waals surface area contributed by atoms with Crippen molar-refractivity contribution in [2.45, 2.75) is 86.9 Å². The number of anilines is 1. The van der Waals surface area contributed by atoms with Gasteiger partial charge in [-0.3, -0.25) is 4.90 Å². The first-order valence-corrected chi connectivity index (χ1v) is 15.1. The van der Waals surface area contributed by atoms with E-state index < -0.39 is 0 Å². The van der Waals surface area contributed by atoms with Gasteiger partial charge in [-0.25, -0.2) is 4.39 Å². The second-order valence-corrected chi connectivity index (χ2v) is 13.2. The molecule has 4 nitrogen and oxygen atoms in total. The molecule has 0 aromatic heterocycles. The highest BCUT2D eigenvalue weighted by Crippen LogP contribution is 2.40.